The van der Waals surface area contributed by atoms with Gasteiger partial charge in [-0.2, -0.15) is 4.57 Å². The molecule has 0 bridgehead atoms. The highest BCUT2D eigenvalue weighted by Gasteiger charge is 2.28. The predicted octanol–water partition coefficient (Wildman–Crippen LogP) is 11.7. The van der Waals surface area contributed by atoms with Crippen LogP contribution in [0.2, 0.25) is 0 Å². The van der Waals surface area contributed by atoms with Gasteiger partial charge in [-0.15, -0.1) is 8.67 Å². The highest BCUT2D eigenvalue weighted by atomic mass is 32.2. The Bertz CT molecular complexity index is 2130. The van der Waals surface area contributed by atoms with Crippen LogP contribution in [0.15, 0.2) is 148 Å². The van der Waals surface area contributed by atoms with Gasteiger partial charge in [0.25, 0.3) is 5.01 Å². The molecule has 0 atom stereocenters. The van der Waals surface area contributed by atoms with Crippen molar-refractivity contribution in [3.05, 3.63) is 154 Å². The lowest BCUT2D eigenvalue weighted by Gasteiger charge is -2.28. The molecule has 2 aliphatic rings. The number of benzene rings is 4. The number of aromatic nitrogens is 1. The number of fused-ring (bicyclic) bond motifs is 2. The van der Waals surface area contributed by atoms with E-state index in [9.17, 15) is 0 Å². The maximum absolute atomic E-state index is 8.57. The number of allylic oxidation sites excluding steroid dienone is 5. The van der Waals surface area contributed by atoms with E-state index in [2.05, 4.69) is 167 Å². The first-order valence-corrected chi connectivity index (χ1v) is 21.5. The zero-order valence-corrected chi connectivity index (χ0v) is 33.5. The van der Waals surface area contributed by atoms with Crippen molar-refractivity contribution >= 4 is 80.5 Å². The van der Waals surface area contributed by atoms with E-state index in [0.717, 1.165) is 74.2 Å². The van der Waals surface area contributed by atoms with Gasteiger partial charge in [0.1, 0.15) is 4.70 Å². The van der Waals surface area contributed by atoms with E-state index in [0.29, 0.717) is 11.5 Å². The van der Waals surface area contributed by atoms with E-state index < -0.39 is 0 Å². The molecule has 0 saturated carbocycles. The Kier molecular flexibility index (Phi) is 14.2. The Labute approximate surface area is 338 Å². The minimum Gasteiger partial charge on any atom is -0.335 e. The average molecular weight is 813 g/mol. The van der Waals surface area contributed by atoms with Crippen molar-refractivity contribution in [1.29, 1.82) is 0 Å². The third-order valence-corrected chi connectivity index (χ3v) is 12.8. The molecule has 0 amide bonds. The van der Waals surface area contributed by atoms with Crippen molar-refractivity contribution < 1.29 is 33.8 Å². The minimum atomic E-state index is 0.675. The molecule has 7 rings (SSSR count). The number of para-hydroxylation sites is 3. The fourth-order valence-electron chi connectivity index (χ4n) is 6.88. The summed E-state index contributed by atoms with van der Waals surface area (Å²) in [5.74, 6) is 1.35. The molecule has 1 aliphatic carbocycles. The predicted molar refractivity (Wildman–Crippen MR) is 227 cm³/mol. The van der Waals surface area contributed by atoms with Crippen molar-refractivity contribution in [3.8, 4) is 0 Å². The molecule has 5 aromatic rings. The molecule has 4 aromatic carbocycles. The molecule has 1 aliphatic heterocycles. The highest BCUT2D eigenvalue weighted by molar-refractivity contribution is 8.03. The van der Waals surface area contributed by atoms with Gasteiger partial charge >= 0.3 is 0 Å². The van der Waals surface area contributed by atoms with Crippen LogP contribution in [-0.4, -0.2) is 28.6 Å². The molecular formula is C42H42N3O6S4+. The lowest BCUT2D eigenvalue weighted by Crippen LogP contribution is -2.35. The molecule has 0 radical (unpaired) electrons. The SMILES string of the molecule is Cc1ccc2c(c1)N(CCCSOOO)/C(=C/C=C1\CCC(/C=C/c3sc4ccccc4[n+]3CCCSOOO)=C1N(c1ccccc1)c1ccccc1)S2. The first-order chi connectivity index (χ1) is 27.1. The van der Waals surface area contributed by atoms with Gasteiger partial charge in [0.05, 0.1) is 16.4 Å². The van der Waals surface area contributed by atoms with Crippen LogP contribution in [0.4, 0.5) is 17.1 Å². The van der Waals surface area contributed by atoms with Gasteiger partial charge in [0.15, 0.2) is 6.54 Å². The summed E-state index contributed by atoms with van der Waals surface area (Å²) >= 11 is 5.76. The zero-order valence-electron chi connectivity index (χ0n) is 30.3. The second kappa shape index (κ2) is 19.8. The maximum Gasteiger partial charge on any atom is 0.262 e. The van der Waals surface area contributed by atoms with Crippen molar-refractivity contribution in [2.75, 3.05) is 27.9 Å². The lowest BCUT2D eigenvalue weighted by atomic mass is 10.1. The van der Waals surface area contributed by atoms with Crippen molar-refractivity contribution in [3.63, 3.8) is 0 Å². The van der Waals surface area contributed by atoms with Gasteiger partial charge < -0.3 is 9.80 Å². The first-order valence-electron chi connectivity index (χ1n) is 18.0. The minimum absolute atomic E-state index is 0.675. The molecule has 55 heavy (non-hydrogen) atoms. The standard InChI is InChI=1S/C42H41N3O6S4/c1-31-18-23-39-37(30-31)44(27-11-29-53-51-49-47)41(55-39)25-22-33-20-19-32(42(33)45(34-12-4-2-5-13-34)35-14-6-3-7-15-35)21-24-40-43(26-10-28-52-50-48-46)36-16-8-9-17-38(36)54-40/h2-9,12-18,21-25,30H,10-11,19-20,26-29H2,1H3,(H-,46,47)/p+1. The Hall–Kier alpha value is -3.86. The summed E-state index contributed by atoms with van der Waals surface area (Å²) in [6.45, 7) is 3.73. The molecule has 0 saturated heterocycles. The summed E-state index contributed by atoms with van der Waals surface area (Å²) in [4.78, 5) is 6.02. The van der Waals surface area contributed by atoms with Crippen LogP contribution in [0.3, 0.4) is 0 Å². The molecule has 2 N–H and O–H groups in total. The smallest absolute Gasteiger partial charge is 0.262 e. The number of nitrogens with zero attached hydrogens (tertiary/aromatic N) is 3. The number of thiazole rings is 1. The molecule has 0 unspecified atom stereocenters. The molecule has 13 heteroatoms. The Morgan fingerprint density at radius 1 is 0.800 bits per heavy atom. The highest BCUT2D eigenvalue weighted by Crippen LogP contribution is 2.47. The summed E-state index contributed by atoms with van der Waals surface area (Å²) < 4.78 is 12.9. The van der Waals surface area contributed by atoms with Gasteiger partial charge in [-0.25, -0.2) is 10.5 Å². The number of hydrogen-bond donors (Lipinski definition) is 2. The molecule has 284 valence electrons. The normalized spacial score (nSPS) is 15.7. The summed E-state index contributed by atoms with van der Waals surface area (Å²) in [7, 11) is 0. The van der Waals surface area contributed by atoms with E-state index in [-0.39, 0.29) is 0 Å². The monoisotopic (exact) mass is 812 g/mol. The van der Waals surface area contributed by atoms with E-state index in [1.807, 2.05) is 0 Å². The quantitative estimate of drug-likeness (QED) is 0.0291. The fourth-order valence-corrected chi connectivity index (χ4v) is 9.75. The van der Waals surface area contributed by atoms with Crippen LogP contribution in [0.5, 0.6) is 0 Å². The Balaban J connectivity index is 1.28. The summed E-state index contributed by atoms with van der Waals surface area (Å²) in [5.41, 5.74) is 9.56. The first kappa shape index (κ1) is 39.4. The van der Waals surface area contributed by atoms with Gasteiger partial charge in [-0.1, -0.05) is 93.8 Å². The van der Waals surface area contributed by atoms with Crippen molar-refractivity contribution in [2.24, 2.45) is 0 Å². The van der Waals surface area contributed by atoms with E-state index >= 15 is 0 Å². The topological polar surface area (TPSA) is 87.7 Å². The van der Waals surface area contributed by atoms with E-state index in [1.54, 1.807) is 23.1 Å². The largest absolute Gasteiger partial charge is 0.335 e. The van der Waals surface area contributed by atoms with Gasteiger partial charge in [-0.05, 0) is 97.5 Å². The Morgan fingerprint density at radius 3 is 2.22 bits per heavy atom. The number of hydrogen-bond acceptors (Lipinski definition) is 12. The van der Waals surface area contributed by atoms with E-state index in [1.165, 1.54) is 53.2 Å². The summed E-state index contributed by atoms with van der Waals surface area (Å²) in [5, 5.41) is 27.0. The number of aryl methyl sites for hydroxylation is 2. The number of thioether (sulfide) groups is 1. The summed E-state index contributed by atoms with van der Waals surface area (Å²) in [6, 6.07) is 36.4. The molecular weight excluding hydrogens is 771 g/mol. The molecule has 9 nitrogen and oxygen atoms in total. The Morgan fingerprint density at radius 2 is 1.49 bits per heavy atom. The van der Waals surface area contributed by atoms with Crippen LogP contribution in [0.25, 0.3) is 16.3 Å². The third kappa shape index (κ3) is 9.76. The van der Waals surface area contributed by atoms with E-state index in [4.69, 9.17) is 10.5 Å². The lowest BCUT2D eigenvalue weighted by molar-refractivity contribution is -0.668. The van der Waals surface area contributed by atoms with Gasteiger partial charge in [0, 0.05) is 77.0 Å². The van der Waals surface area contributed by atoms with Crippen LogP contribution >= 0.6 is 47.2 Å². The number of anilines is 3. The van der Waals surface area contributed by atoms with Crippen molar-refractivity contribution in [1.82, 2.24) is 0 Å². The van der Waals surface area contributed by atoms with Crippen LogP contribution in [0.1, 0.15) is 36.3 Å². The second-order valence-electron chi connectivity index (χ2n) is 12.8. The van der Waals surface area contributed by atoms with Crippen molar-refractivity contribution in [2.45, 2.75) is 44.0 Å². The average Bonchev–Trinajstić information content (AvgIpc) is 3.89. The van der Waals surface area contributed by atoms with Crippen LogP contribution < -0.4 is 14.4 Å². The van der Waals surface area contributed by atoms with Gasteiger partial charge in [-0.3, -0.25) is 0 Å². The van der Waals surface area contributed by atoms with Crippen LogP contribution in [-0.2, 0) is 25.3 Å². The third-order valence-electron chi connectivity index (χ3n) is 9.28. The van der Waals surface area contributed by atoms with Gasteiger partial charge in [0.2, 0.25) is 5.52 Å². The fraction of sp³-hybridized carbons (Fsp3) is 0.214. The maximum atomic E-state index is 8.57. The number of rotatable bonds is 18. The summed E-state index contributed by atoms with van der Waals surface area (Å²) in [6.07, 6.45) is 12.7. The molecule has 0 fully saturated rings. The van der Waals surface area contributed by atoms with Crippen LogP contribution in [0, 0.1) is 6.92 Å². The molecule has 1 aromatic heterocycles. The zero-order chi connectivity index (χ0) is 37.8. The molecule has 0 spiro atoms. The second-order valence-corrected chi connectivity index (χ2v) is 16.5. The molecule has 2 heterocycles.